The first kappa shape index (κ1) is 22.3. The van der Waals surface area contributed by atoms with Gasteiger partial charge in [-0.25, -0.2) is 0 Å². The summed E-state index contributed by atoms with van der Waals surface area (Å²) in [6, 6.07) is 0.720. The molecule has 0 bridgehead atoms. The van der Waals surface area contributed by atoms with Crippen LogP contribution in [0.2, 0.25) is 0 Å². The minimum Gasteiger partial charge on any atom is -0.379 e. The van der Waals surface area contributed by atoms with Crippen LogP contribution in [0.3, 0.4) is 0 Å². The highest BCUT2D eigenvalue weighted by atomic mass is 16.5. The number of hydrogen-bond acceptors (Lipinski definition) is 4. The monoisotopic (exact) mass is 407 g/mol. The predicted molar refractivity (Wildman–Crippen MR) is 117 cm³/mol. The molecule has 0 aromatic rings. The van der Waals surface area contributed by atoms with Crippen molar-refractivity contribution in [2.24, 2.45) is 16.8 Å². The summed E-state index contributed by atoms with van der Waals surface area (Å²) in [5.74, 6) is 2.08. The first-order valence-corrected chi connectivity index (χ1v) is 11.7. The second-order valence-electron chi connectivity index (χ2n) is 9.07. The standard InChI is InChI=1S/C22H41N5O2/c1-4-23-22(24-15-20(17(2)3)26-11-13-29-14-12-26)25-19-9-10-27(16-19)21(28)18-7-5-6-8-18/h17-20H,4-16H2,1-3H3,(H2,23,24,25). The topological polar surface area (TPSA) is 69.2 Å². The zero-order chi connectivity index (χ0) is 20.6. The molecule has 2 atom stereocenters. The van der Waals surface area contributed by atoms with Crippen LogP contribution in [0, 0.1) is 11.8 Å². The normalized spacial score (nSPS) is 25.6. The third-order valence-corrected chi connectivity index (χ3v) is 6.61. The van der Waals surface area contributed by atoms with Crippen molar-refractivity contribution in [1.29, 1.82) is 0 Å². The van der Waals surface area contributed by atoms with E-state index in [1.54, 1.807) is 0 Å². The van der Waals surface area contributed by atoms with Gasteiger partial charge >= 0.3 is 0 Å². The van der Waals surface area contributed by atoms with Crippen molar-refractivity contribution in [3.63, 3.8) is 0 Å². The SMILES string of the molecule is CCNC(=NCC(C(C)C)N1CCOCC1)NC1CCN(C(=O)C2CCCC2)C1. The summed E-state index contributed by atoms with van der Waals surface area (Å²) in [5, 5.41) is 6.99. The van der Waals surface area contributed by atoms with Crippen LogP contribution in [0.25, 0.3) is 0 Å². The van der Waals surface area contributed by atoms with Crippen LogP contribution in [-0.2, 0) is 9.53 Å². The summed E-state index contributed by atoms with van der Waals surface area (Å²) in [4.78, 5) is 22.2. The Labute approximate surface area is 176 Å². The average Bonchev–Trinajstić information content (AvgIpc) is 3.41. The Morgan fingerprint density at radius 1 is 1.14 bits per heavy atom. The molecule has 7 heteroatoms. The number of carbonyl (C=O) groups is 1. The first-order valence-electron chi connectivity index (χ1n) is 11.7. The van der Waals surface area contributed by atoms with Crippen LogP contribution >= 0.6 is 0 Å². The van der Waals surface area contributed by atoms with Crippen molar-refractivity contribution in [2.75, 3.05) is 52.5 Å². The zero-order valence-electron chi connectivity index (χ0n) is 18.7. The van der Waals surface area contributed by atoms with Crippen molar-refractivity contribution in [3.05, 3.63) is 0 Å². The number of amides is 1. The molecule has 166 valence electrons. The molecule has 3 aliphatic rings. The number of morpholine rings is 1. The van der Waals surface area contributed by atoms with Crippen molar-refractivity contribution in [3.8, 4) is 0 Å². The highest BCUT2D eigenvalue weighted by Gasteiger charge is 2.32. The number of carbonyl (C=O) groups excluding carboxylic acids is 1. The highest BCUT2D eigenvalue weighted by Crippen LogP contribution is 2.27. The van der Waals surface area contributed by atoms with Gasteiger partial charge in [-0.15, -0.1) is 0 Å². The lowest BCUT2D eigenvalue weighted by Gasteiger charge is -2.36. The maximum atomic E-state index is 12.7. The molecule has 2 heterocycles. The van der Waals surface area contributed by atoms with Gasteiger partial charge in [0, 0.05) is 50.7 Å². The van der Waals surface area contributed by atoms with E-state index in [0.717, 1.165) is 77.7 Å². The van der Waals surface area contributed by atoms with Gasteiger partial charge in [-0.2, -0.15) is 0 Å². The molecule has 1 amide bonds. The first-order chi connectivity index (χ1) is 14.1. The van der Waals surface area contributed by atoms with Gasteiger partial charge in [-0.3, -0.25) is 14.7 Å². The van der Waals surface area contributed by atoms with E-state index in [0.29, 0.717) is 23.9 Å². The Morgan fingerprint density at radius 3 is 2.52 bits per heavy atom. The molecule has 2 N–H and O–H groups in total. The maximum absolute atomic E-state index is 12.7. The Morgan fingerprint density at radius 2 is 1.86 bits per heavy atom. The Bertz CT molecular complexity index is 541. The fourth-order valence-electron chi connectivity index (χ4n) is 4.86. The van der Waals surface area contributed by atoms with E-state index >= 15 is 0 Å². The molecule has 29 heavy (non-hydrogen) atoms. The van der Waals surface area contributed by atoms with Gasteiger partial charge in [0.2, 0.25) is 5.91 Å². The van der Waals surface area contributed by atoms with E-state index in [1.165, 1.54) is 12.8 Å². The van der Waals surface area contributed by atoms with Crippen LogP contribution in [0.15, 0.2) is 4.99 Å². The molecule has 0 aromatic heterocycles. The van der Waals surface area contributed by atoms with Crippen molar-refractivity contribution < 1.29 is 9.53 Å². The number of nitrogens with one attached hydrogen (secondary N) is 2. The average molecular weight is 408 g/mol. The molecule has 0 radical (unpaired) electrons. The molecule has 1 saturated carbocycles. The summed E-state index contributed by atoms with van der Waals surface area (Å²) in [7, 11) is 0. The largest absolute Gasteiger partial charge is 0.379 e. The van der Waals surface area contributed by atoms with Crippen LogP contribution in [0.4, 0.5) is 0 Å². The Hall–Kier alpha value is -1.34. The van der Waals surface area contributed by atoms with E-state index in [2.05, 4.69) is 41.2 Å². The second kappa shape index (κ2) is 11.2. The summed E-state index contributed by atoms with van der Waals surface area (Å²) < 4.78 is 5.51. The van der Waals surface area contributed by atoms with Crippen molar-refractivity contribution in [2.45, 2.75) is 65.0 Å². The van der Waals surface area contributed by atoms with E-state index in [9.17, 15) is 4.79 Å². The van der Waals surface area contributed by atoms with Gasteiger partial charge in [-0.05, 0) is 32.1 Å². The van der Waals surface area contributed by atoms with E-state index in [-0.39, 0.29) is 5.92 Å². The van der Waals surface area contributed by atoms with Crippen molar-refractivity contribution >= 4 is 11.9 Å². The molecule has 3 rings (SSSR count). The van der Waals surface area contributed by atoms with E-state index in [1.807, 2.05) is 0 Å². The minimum atomic E-state index is 0.274. The van der Waals surface area contributed by atoms with Gasteiger partial charge in [0.15, 0.2) is 5.96 Å². The Balaban J connectivity index is 1.53. The van der Waals surface area contributed by atoms with Gasteiger partial charge in [0.1, 0.15) is 0 Å². The molecule has 2 unspecified atom stereocenters. The Kier molecular flexibility index (Phi) is 8.60. The molecule has 1 aliphatic carbocycles. The van der Waals surface area contributed by atoms with Gasteiger partial charge in [0.05, 0.1) is 19.8 Å². The third-order valence-electron chi connectivity index (χ3n) is 6.61. The molecule has 0 spiro atoms. The van der Waals surface area contributed by atoms with Gasteiger partial charge < -0.3 is 20.3 Å². The number of nitrogens with zero attached hydrogens (tertiary/aromatic N) is 3. The maximum Gasteiger partial charge on any atom is 0.225 e. The highest BCUT2D eigenvalue weighted by molar-refractivity contribution is 5.81. The molecule has 2 saturated heterocycles. The smallest absolute Gasteiger partial charge is 0.225 e. The number of aliphatic imine (C=N–C) groups is 1. The summed E-state index contributed by atoms with van der Waals surface area (Å²) >= 11 is 0. The third kappa shape index (κ3) is 6.32. The van der Waals surface area contributed by atoms with Crippen LogP contribution in [-0.4, -0.2) is 86.2 Å². The fraction of sp³-hybridized carbons (Fsp3) is 0.909. The van der Waals surface area contributed by atoms with Gasteiger partial charge in [0.25, 0.3) is 0 Å². The lowest BCUT2D eigenvalue weighted by Crippen LogP contribution is -2.49. The zero-order valence-corrected chi connectivity index (χ0v) is 18.7. The second-order valence-corrected chi connectivity index (χ2v) is 9.07. The van der Waals surface area contributed by atoms with Gasteiger partial charge in [-0.1, -0.05) is 26.7 Å². The number of likely N-dealkylation sites (tertiary alicyclic amines) is 1. The minimum absolute atomic E-state index is 0.274. The van der Waals surface area contributed by atoms with E-state index in [4.69, 9.17) is 9.73 Å². The van der Waals surface area contributed by atoms with Crippen LogP contribution in [0.1, 0.15) is 52.9 Å². The molecule has 7 nitrogen and oxygen atoms in total. The quantitative estimate of drug-likeness (QED) is 0.497. The van der Waals surface area contributed by atoms with Crippen LogP contribution in [0.5, 0.6) is 0 Å². The lowest BCUT2D eigenvalue weighted by molar-refractivity contribution is -0.134. The number of rotatable bonds is 7. The summed E-state index contributed by atoms with van der Waals surface area (Å²) in [6.07, 6.45) is 5.58. The van der Waals surface area contributed by atoms with Crippen LogP contribution < -0.4 is 10.6 Å². The van der Waals surface area contributed by atoms with E-state index < -0.39 is 0 Å². The molecular weight excluding hydrogens is 366 g/mol. The molecule has 0 aromatic carbocycles. The number of hydrogen-bond donors (Lipinski definition) is 2. The predicted octanol–water partition coefficient (Wildman–Crippen LogP) is 1.69. The summed E-state index contributed by atoms with van der Waals surface area (Å²) in [5.41, 5.74) is 0. The summed E-state index contributed by atoms with van der Waals surface area (Å²) in [6.45, 7) is 13.6. The molecular formula is C22H41N5O2. The molecule has 3 fully saturated rings. The van der Waals surface area contributed by atoms with Crippen molar-refractivity contribution in [1.82, 2.24) is 20.4 Å². The fourth-order valence-corrected chi connectivity index (χ4v) is 4.86. The number of ether oxygens (including phenoxy) is 1. The lowest BCUT2D eigenvalue weighted by atomic mass is 10.0. The number of guanidine groups is 1. The molecule has 2 aliphatic heterocycles.